The Bertz CT molecular complexity index is 1710. The van der Waals surface area contributed by atoms with Crippen LogP contribution in [0.3, 0.4) is 0 Å². The van der Waals surface area contributed by atoms with Crippen LogP contribution in [0.1, 0.15) is 0 Å². The molecule has 0 saturated carbocycles. The van der Waals surface area contributed by atoms with Crippen LogP contribution in [0.5, 0.6) is 0 Å². The van der Waals surface area contributed by atoms with E-state index in [1.165, 1.54) is 32.3 Å². The smallest absolute Gasteiger partial charge is 0.109 e. The fourth-order valence-electron chi connectivity index (χ4n) is 4.92. The topological polar surface area (TPSA) is 17.1 Å². The predicted molar refractivity (Wildman–Crippen MR) is 145 cm³/mol. The van der Waals surface area contributed by atoms with Gasteiger partial charge in [0.2, 0.25) is 0 Å². The van der Waals surface area contributed by atoms with E-state index in [4.69, 9.17) is 11.6 Å². The molecule has 0 fully saturated rings. The Balaban J connectivity index is 1.60. The zero-order chi connectivity index (χ0) is 22.7. The highest BCUT2D eigenvalue weighted by molar-refractivity contribution is 7.70. The van der Waals surface area contributed by atoms with E-state index in [1.54, 1.807) is 13.3 Å². The minimum atomic E-state index is -2.35. The van der Waals surface area contributed by atoms with Gasteiger partial charge in [0, 0.05) is 10.3 Å². The molecular formula is C30H22ClOP. The summed E-state index contributed by atoms with van der Waals surface area (Å²) in [4.78, 5) is 0. The molecule has 0 heterocycles. The highest BCUT2D eigenvalue weighted by atomic mass is 35.5. The molecule has 0 aliphatic heterocycles. The van der Waals surface area contributed by atoms with E-state index in [0.29, 0.717) is 5.02 Å². The van der Waals surface area contributed by atoms with Crippen molar-refractivity contribution >= 4 is 56.4 Å². The maximum Gasteiger partial charge on any atom is 0.109 e. The molecule has 0 aliphatic carbocycles. The molecule has 0 atom stereocenters. The molecule has 0 N–H and O–H groups in total. The fraction of sp³-hybridized carbons (Fsp3) is 0.0667. The summed E-state index contributed by atoms with van der Waals surface area (Å²) >= 11 is 6.63. The molecule has 0 saturated heterocycles. The molecule has 33 heavy (non-hydrogen) atoms. The van der Waals surface area contributed by atoms with Gasteiger partial charge in [0.15, 0.2) is 0 Å². The maximum absolute atomic E-state index is 12.6. The van der Waals surface area contributed by atoms with Crippen LogP contribution in [0.4, 0.5) is 0 Å². The zero-order valence-corrected chi connectivity index (χ0v) is 20.1. The second kappa shape index (κ2) is 7.45. The van der Waals surface area contributed by atoms with Crippen molar-refractivity contribution in [3.05, 3.63) is 102 Å². The summed E-state index contributed by atoms with van der Waals surface area (Å²) in [5, 5.41) is 9.17. The first-order chi connectivity index (χ1) is 15.9. The molecular weight excluding hydrogens is 443 g/mol. The zero-order valence-electron chi connectivity index (χ0n) is 18.5. The Hall–Kier alpha value is -3.12. The summed E-state index contributed by atoms with van der Waals surface area (Å²) in [5.74, 6) is 0. The minimum Gasteiger partial charge on any atom is -0.319 e. The van der Waals surface area contributed by atoms with Gasteiger partial charge in [-0.05, 0) is 92.2 Å². The monoisotopic (exact) mass is 464 g/mol. The van der Waals surface area contributed by atoms with Gasteiger partial charge in [-0.2, -0.15) is 0 Å². The standard InChI is InChI=1S/C30H22ClOP/c1-33(2,32)26-8-4-7-22(18-26)23-15-24(17-25(31)16-23)27-13-11-21-10-9-19-5-3-6-20-12-14-28(27)30(21)29(19)20/h3-18H,1-2H3. The van der Waals surface area contributed by atoms with E-state index >= 15 is 0 Å². The molecule has 0 bridgehead atoms. The molecule has 6 aromatic rings. The van der Waals surface area contributed by atoms with Crippen LogP contribution in [0, 0.1) is 0 Å². The lowest BCUT2D eigenvalue weighted by atomic mass is 9.89. The molecule has 1 nitrogen and oxygen atoms in total. The third-order valence-electron chi connectivity index (χ3n) is 6.54. The van der Waals surface area contributed by atoms with Gasteiger partial charge in [0.1, 0.15) is 7.14 Å². The average Bonchev–Trinajstić information content (AvgIpc) is 2.81. The van der Waals surface area contributed by atoms with E-state index in [1.807, 2.05) is 30.3 Å². The van der Waals surface area contributed by atoms with Crippen LogP contribution in [-0.4, -0.2) is 13.3 Å². The van der Waals surface area contributed by atoms with Gasteiger partial charge >= 0.3 is 0 Å². The SMILES string of the molecule is CP(C)(=O)c1cccc(-c2cc(Cl)cc(-c3ccc4ccc5cccc6ccc3c4c56)c2)c1. The fourth-order valence-corrected chi connectivity index (χ4v) is 6.05. The average molecular weight is 465 g/mol. The lowest BCUT2D eigenvalue weighted by Gasteiger charge is -2.15. The van der Waals surface area contributed by atoms with Gasteiger partial charge in [0.05, 0.1) is 0 Å². The molecule has 0 spiro atoms. The lowest BCUT2D eigenvalue weighted by Crippen LogP contribution is -2.02. The molecule has 0 radical (unpaired) electrons. The number of hydrogen-bond acceptors (Lipinski definition) is 1. The highest BCUT2D eigenvalue weighted by Crippen LogP contribution is 2.41. The van der Waals surface area contributed by atoms with Gasteiger partial charge in [-0.25, -0.2) is 0 Å². The molecule has 6 rings (SSSR count). The maximum atomic E-state index is 12.6. The van der Waals surface area contributed by atoms with Crippen molar-refractivity contribution in [1.82, 2.24) is 0 Å². The first-order valence-electron chi connectivity index (χ1n) is 11.0. The number of benzene rings is 6. The largest absolute Gasteiger partial charge is 0.319 e. The van der Waals surface area contributed by atoms with Gasteiger partial charge < -0.3 is 4.57 Å². The molecule has 160 valence electrons. The van der Waals surface area contributed by atoms with Gasteiger partial charge in [0.25, 0.3) is 0 Å². The van der Waals surface area contributed by atoms with Gasteiger partial charge in [-0.15, -0.1) is 0 Å². The molecule has 6 aromatic carbocycles. The Morgan fingerprint density at radius 1 is 0.606 bits per heavy atom. The molecule has 0 amide bonds. The van der Waals surface area contributed by atoms with Crippen LogP contribution in [-0.2, 0) is 4.57 Å². The quantitative estimate of drug-likeness (QED) is 0.189. The van der Waals surface area contributed by atoms with Crippen LogP contribution in [0.25, 0.3) is 54.6 Å². The number of hydrogen-bond donors (Lipinski definition) is 0. The molecule has 0 aromatic heterocycles. The van der Waals surface area contributed by atoms with E-state index in [2.05, 4.69) is 66.7 Å². The Kier molecular flexibility index (Phi) is 4.63. The van der Waals surface area contributed by atoms with Crippen LogP contribution in [0.15, 0.2) is 97.1 Å². The van der Waals surface area contributed by atoms with Crippen molar-refractivity contribution in [2.75, 3.05) is 13.3 Å². The van der Waals surface area contributed by atoms with Gasteiger partial charge in [-0.1, -0.05) is 84.4 Å². The minimum absolute atomic E-state index is 0.690. The van der Waals surface area contributed by atoms with E-state index < -0.39 is 7.14 Å². The number of rotatable bonds is 3. The second-order valence-electron chi connectivity index (χ2n) is 9.10. The predicted octanol–water partition coefficient (Wildman–Crippen LogP) is 8.82. The summed E-state index contributed by atoms with van der Waals surface area (Å²) in [7, 11) is -2.35. The summed E-state index contributed by atoms with van der Waals surface area (Å²) < 4.78 is 12.6. The molecule has 3 heteroatoms. The summed E-state index contributed by atoms with van der Waals surface area (Å²) in [5.41, 5.74) is 4.30. The second-order valence-corrected chi connectivity index (χ2v) is 12.8. The van der Waals surface area contributed by atoms with Crippen LogP contribution >= 0.6 is 18.7 Å². The van der Waals surface area contributed by atoms with Crippen molar-refractivity contribution in [2.24, 2.45) is 0 Å². The van der Waals surface area contributed by atoms with E-state index in [0.717, 1.165) is 27.6 Å². The molecule has 0 aliphatic rings. The first kappa shape index (κ1) is 20.5. The summed E-state index contributed by atoms with van der Waals surface area (Å²) in [6, 6.07) is 33.9. The van der Waals surface area contributed by atoms with Crippen molar-refractivity contribution in [2.45, 2.75) is 0 Å². The highest BCUT2D eigenvalue weighted by Gasteiger charge is 2.15. The number of halogens is 1. The third-order valence-corrected chi connectivity index (χ3v) is 8.28. The molecule has 0 unspecified atom stereocenters. The third kappa shape index (κ3) is 3.44. The Labute approximate surface area is 198 Å². The van der Waals surface area contributed by atoms with Crippen molar-refractivity contribution in [3.8, 4) is 22.3 Å². The van der Waals surface area contributed by atoms with Crippen molar-refractivity contribution in [3.63, 3.8) is 0 Å². The normalized spacial score (nSPS) is 12.2. The van der Waals surface area contributed by atoms with Gasteiger partial charge in [-0.3, -0.25) is 0 Å². The first-order valence-corrected chi connectivity index (χ1v) is 14.0. The Morgan fingerprint density at radius 2 is 1.24 bits per heavy atom. The summed E-state index contributed by atoms with van der Waals surface area (Å²) in [6.07, 6.45) is 0. The Morgan fingerprint density at radius 3 is 2.00 bits per heavy atom. The van der Waals surface area contributed by atoms with E-state index in [-0.39, 0.29) is 0 Å². The summed E-state index contributed by atoms with van der Waals surface area (Å²) in [6.45, 7) is 3.61. The lowest BCUT2D eigenvalue weighted by molar-refractivity contribution is 0.588. The van der Waals surface area contributed by atoms with Crippen LogP contribution < -0.4 is 5.30 Å². The van der Waals surface area contributed by atoms with Crippen molar-refractivity contribution < 1.29 is 4.57 Å². The van der Waals surface area contributed by atoms with Crippen molar-refractivity contribution in [1.29, 1.82) is 0 Å². The van der Waals surface area contributed by atoms with Crippen LogP contribution in [0.2, 0.25) is 5.02 Å². The van der Waals surface area contributed by atoms with E-state index in [9.17, 15) is 4.57 Å².